The molecule has 0 aromatic heterocycles. The molecule has 2 heterocycles. The number of hydrogen-bond donors (Lipinski definition) is 8. The number of aliphatic hydroxyl groups excluding tert-OH is 7. The van der Waals surface area contributed by atoms with Crippen molar-refractivity contribution in [3.8, 4) is 12.3 Å². The van der Waals surface area contributed by atoms with E-state index < -0.39 is 80.0 Å². The summed E-state index contributed by atoms with van der Waals surface area (Å²) in [6.07, 6.45) is -11.8. The zero-order valence-electron chi connectivity index (χ0n) is 17.0. The van der Waals surface area contributed by atoms with Gasteiger partial charge >= 0.3 is 0 Å². The molecule has 2 unspecified atom stereocenters. The summed E-state index contributed by atoms with van der Waals surface area (Å²) in [6.45, 7) is -1.25. The Morgan fingerprint density at radius 1 is 1.09 bits per heavy atom. The van der Waals surface area contributed by atoms with Crippen molar-refractivity contribution in [2.45, 2.75) is 66.8 Å². The lowest BCUT2D eigenvalue weighted by Crippen LogP contribution is -2.75. The van der Waals surface area contributed by atoms with Gasteiger partial charge in [0.15, 0.2) is 11.9 Å². The van der Waals surface area contributed by atoms with Crippen LogP contribution in [-0.2, 0) is 14.2 Å². The van der Waals surface area contributed by atoms with Crippen molar-refractivity contribution in [2.24, 2.45) is 0 Å². The number of hydrogen-bond acceptors (Lipinski definition) is 11. The van der Waals surface area contributed by atoms with E-state index >= 15 is 0 Å². The Morgan fingerprint density at radius 2 is 1.75 bits per heavy atom. The molecular weight excluding hydrogens is 428 g/mol. The van der Waals surface area contributed by atoms with Gasteiger partial charge in [0, 0.05) is 0 Å². The van der Waals surface area contributed by atoms with Gasteiger partial charge in [0.25, 0.3) is 0 Å². The van der Waals surface area contributed by atoms with E-state index in [0.717, 1.165) is 0 Å². The third kappa shape index (κ3) is 4.41. The second-order valence-corrected chi connectivity index (χ2v) is 7.90. The molecule has 32 heavy (non-hydrogen) atoms. The highest BCUT2D eigenvalue weighted by atomic mass is 16.7. The van der Waals surface area contributed by atoms with E-state index in [4.69, 9.17) is 20.6 Å². The van der Waals surface area contributed by atoms with Crippen LogP contribution < -0.4 is 0 Å². The Morgan fingerprint density at radius 3 is 2.34 bits per heavy atom. The summed E-state index contributed by atoms with van der Waals surface area (Å²) in [4.78, 5) is 0. The van der Waals surface area contributed by atoms with Crippen LogP contribution >= 0.6 is 0 Å². The fraction of sp³-hybridized carbons (Fsp3) is 0.619. The van der Waals surface area contributed by atoms with Crippen LogP contribution in [0.3, 0.4) is 0 Å². The van der Waals surface area contributed by atoms with Gasteiger partial charge in [-0.25, -0.2) is 0 Å². The average molecular weight is 456 g/mol. The average Bonchev–Trinajstić information content (AvgIpc) is 2.81. The van der Waals surface area contributed by atoms with Crippen molar-refractivity contribution in [3.63, 3.8) is 0 Å². The van der Waals surface area contributed by atoms with Crippen molar-refractivity contribution in [3.05, 3.63) is 35.9 Å². The van der Waals surface area contributed by atoms with Gasteiger partial charge in [-0.2, -0.15) is 0 Å². The van der Waals surface area contributed by atoms with Gasteiger partial charge in [0.05, 0.1) is 13.2 Å². The van der Waals surface area contributed by atoms with Crippen molar-refractivity contribution in [1.29, 1.82) is 0 Å². The van der Waals surface area contributed by atoms with Gasteiger partial charge in [0.1, 0.15) is 54.9 Å². The highest BCUT2D eigenvalue weighted by Crippen LogP contribution is 2.39. The summed E-state index contributed by atoms with van der Waals surface area (Å²) in [6, 6.07) is 8.35. The number of ether oxygens (including phenoxy) is 3. The third-order valence-electron chi connectivity index (χ3n) is 5.87. The second kappa shape index (κ2) is 10.1. The van der Waals surface area contributed by atoms with Crippen molar-refractivity contribution >= 4 is 0 Å². The second-order valence-electron chi connectivity index (χ2n) is 7.90. The zero-order chi connectivity index (χ0) is 23.6. The molecule has 0 spiro atoms. The first kappa shape index (κ1) is 25.0. The molecule has 11 nitrogen and oxygen atoms in total. The van der Waals surface area contributed by atoms with Crippen LogP contribution in [0.1, 0.15) is 11.7 Å². The molecule has 2 aliphatic rings. The summed E-state index contributed by atoms with van der Waals surface area (Å²) in [5.41, 5.74) is -2.35. The van der Waals surface area contributed by atoms with E-state index in [-0.39, 0.29) is 0 Å². The molecule has 0 aliphatic carbocycles. The van der Waals surface area contributed by atoms with E-state index in [9.17, 15) is 40.9 Å². The lowest BCUT2D eigenvalue weighted by molar-refractivity contribution is -0.377. The van der Waals surface area contributed by atoms with Crippen LogP contribution in [0.2, 0.25) is 0 Å². The highest BCUT2D eigenvalue weighted by Gasteiger charge is 2.63. The molecule has 11 atom stereocenters. The van der Waals surface area contributed by atoms with Gasteiger partial charge in [-0.1, -0.05) is 36.3 Å². The molecule has 11 heteroatoms. The molecule has 178 valence electrons. The highest BCUT2D eigenvalue weighted by molar-refractivity contribution is 5.24. The summed E-state index contributed by atoms with van der Waals surface area (Å²) in [5, 5.41) is 82.7. The van der Waals surface area contributed by atoms with Gasteiger partial charge < -0.3 is 55.1 Å². The summed E-state index contributed by atoms with van der Waals surface area (Å²) < 4.78 is 16.3. The summed E-state index contributed by atoms with van der Waals surface area (Å²) in [7, 11) is 0. The first-order valence-corrected chi connectivity index (χ1v) is 10.0. The Bertz CT molecular complexity index is 786. The third-order valence-corrected chi connectivity index (χ3v) is 5.87. The van der Waals surface area contributed by atoms with Crippen molar-refractivity contribution in [2.75, 3.05) is 13.2 Å². The molecular formula is C21H28O11. The Balaban J connectivity index is 1.95. The molecule has 1 aromatic carbocycles. The van der Waals surface area contributed by atoms with Gasteiger partial charge in [0.2, 0.25) is 0 Å². The first-order chi connectivity index (χ1) is 15.2. The van der Waals surface area contributed by atoms with Crippen LogP contribution in [-0.4, -0.2) is 115 Å². The maximum Gasteiger partial charge on any atom is 0.194 e. The lowest BCUT2D eigenvalue weighted by Gasteiger charge is -2.52. The molecule has 0 saturated carbocycles. The SMILES string of the molecule is C#CC(O[C@H]1O[C@H](CO)[C@@H](O)[C@H](O)[C@]1(O)C(O)[C@H]1OC[C@H](O)[C@@H](O)[C@@H]1O)c1ccccc1. The molecule has 2 fully saturated rings. The molecule has 8 N–H and O–H groups in total. The number of aliphatic hydroxyl groups is 8. The fourth-order valence-electron chi connectivity index (χ4n) is 3.91. The molecule has 0 bridgehead atoms. The monoisotopic (exact) mass is 456 g/mol. The van der Waals surface area contributed by atoms with E-state index in [2.05, 4.69) is 5.92 Å². The normalized spacial score (nSPS) is 42.1. The number of rotatable bonds is 6. The van der Waals surface area contributed by atoms with Crippen LogP contribution in [0.25, 0.3) is 0 Å². The Labute approximate surface area is 184 Å². The number of benzene rings is 1. The van der Waals surface area contributed by atoms with Crippen LogP contribution in [0.4, 0.5) is 0 Å². The smallest absolute Gasteiger partial charge is 0.194 e. The van der Waals surface area contributed by atoms with E-state index in [1.807, 2.05) is 0 Å². The minimum Gasteiger partial charge on any atom is -0.394 e. The maximum absolute atomic E-state index is 11.4. The van der Waals surface area contributed by atoms with Gasteiger partial charge in [-0.3, -0.25) is 0 Å². The first-order valence-electron chi connectivity index (χ1n) is 10.0. The van der Waals surface area contributed by atoms with Crippen LogP contribution in [0, 0.1) is 12.3 Å². The Kier molecular flexibility index (Phi) is 7.87. The number of terminal acetylenes is 1. The quantitative estimate of drug-likeness (QED) is 0.197. The van der Waals surface area contributed by atoms with E-state index in [1.165, 1.54) is 0 Å². The topological polar surface area (TPSA) is 190 Å². The fourth-order valence-corrected chi connectivity index (χ4v) is 3.91. The summed E-state index contributed by atoms with van der Waals surface area (Å²) >= 11 is 0. The van der Waals surface area contributed by atoms with Crippen molar-refractivity contribution < 1.29 is 55.1 Å². The molecule has 2 saturated heterocycles. The Hall–Kier alpha value is -1.66. The predicted octanol–water partition coefficient (Wildman–Crippen LogP) is -3.61. The molecule has 3 rings (SSSR count). The predicted molar refractivity (Wildman–Crippen MR) is 106 cm³/mol. The minimum atomic E-state index is -2.83. The molecule has 0 radical (unpaired) electrons. The van der Waals surface area contributed by atoms with Crippen molar-refractivity contribution in [1.82, 2.24) is 0 Å². The van der Waals surface area contributed by atoms with E-state index in [1.54, 1.807) is 30.3 Å². The zero-order valence-corrected chi connectivity index (χ0v) is 17.0. The minimum absolute atomic E-state index is 0.476. The van der Waals surface area contributed by atoms with E-state index in [0.29, 0.717) is 5.56 Å². The standard InChI is InChI=1S/C21H28O11/c1-2-12(10-6-4-3-5-7-10)31-20-21(29,18(27)15(25)13(8-22)32-20)19(28)17-16(26)14(24)11(23)9-30-17/h1,3-7,11-20,22-29H,8-9H2/t11-,12?,13+,14+,15+,16-,17-,18-,19?,20-,21-/m0/s1. The maximum atomic E-state index is 11.4. The summed E-state index contributed by atoms with van der Waals surface area (Å²) in [5.74, 6) is 2.35. The molecule has 1 aromatic rings. The molecule has 0 amide bonds. The van der Waals surface area contributed by atoms with Gasteiger partial charge in [-0.15, -0.1) is 6.42 Å². The van der Waals surface area contributed by atoms with Gasteiger partial charge in [-0.05, 0) is 5.56 Å². The molecule has 2 aliphatic heterocycles. The van der Waals surface area contributed by atoms with Crippen LogP contribution in [0.15, 0.2) is 30.3 Å². The largest absolute Gasteiger partial charge is 0.394 e. The van der Waals surface area contributed by atoms with Crippen LogP contribution in [0.5, 0.6) is 0 Å². The lowest BCUT2D eigenvalue weighted by atomic mass is 9.77.